The van der Waals surface area contributed by atoms with Crippen LogP contribution in [0.3, 0.4) is 0 Å². The summed E-state index contributed by atoms with van der Waals surface area (Å²) in [5.41, 5.74) is 7.34. The van der Waals surface area contributed by atoms with Crippen LogP contribution in [0.15, 0.2) is 36.7 Å². The van der Waals surface area contributed by atoms with Gasteiger partial charge in [0, 0.05) is 18.5 Å². The van der Waals surface area contributed by atoms with Crippen molar-refractivity contribution in [2.24, 2.45) is 23.5 Å². The lowest BCUT2D eigenvalue weighted by Gasteiger charge is -2.43. The van der Waals surface area contributed by atoms with Gasteiger partial charge >= 0.3 is 0 Å². The number of amides is 2. The number of fused-ring (bicyclic) bond motifs is 2. The van der Waals surface area contributed by atoms with E-state index in [1.54, 1.807) is 0 Å². The van der Waals surface area contributed by atoms with E-state index < -0.39 is 0 Å². The van der Waals surface area contributed by atoms with E-state index in [9.17, 15) is 9.59 Å². The molecule has 2 atom stereocenters. The minimum Gasteiger partial charge on any atom is -0.350 e. The van der Waals surface area contributed by atoms with Crippen molar-refractivity contribution in [2.75, 3.05) is 5.32 Å². The fourth-order valence-corrected chi connectivity index (χ4v) is 4.64. The van der Waals surface area contributed by atoms with Crippen LogP contribution in [-0.4, -0.2) is 32.6 Å². The van der Waals surface area contributed by atoms with Gasteiger partial charge in [0.15, 0.2) is 0 Å². The molecule has 2 unspecified atom stereocenters. The Kier molecular flexibility index (Phi) is 7.44. The molecular formula is C21H29ClN6O2. The van der Waals surface area contributed by atoms with Crippen molar-refractivity contribution in [3.8, 4) is 0 Å². The minimum absolute atomic E-state index is 0. The maximum absolute atomic E-state index is 12.7. The Morgan fingerprint density at radius 3 is 2.53 bits per heavy atom. The Labute approximate surface area is 182 Å². The molecule has 0 spiro atoms. The van der Waals surface area contributed by atoms with E-state index in [1.165, 1.54) is 17.4 Å². The molecule has 2 aliphatic carbocycles. The molecule has 2 aromatic rings. The molecule has 1 heterocycles. The van der Waals surface area contributed by atoms with E-state index >= 15 is 0 Å². The van der Waals surface area contributed by atoms with Gasteiger partial charge < -0.3 is 11.1 Å². The van der Waals surface area contributed by atoms with Crippen molar-refractivity contribution in [1.82, 2.24) is 20.1 Å². The molecule has 162 valence electrons. The van der Waals surface area contributed by atoms with Gasteiger partial charge in [-0.2, -0.15) is 0 Å². The van der Waals surface area contributed by atoms with Crippen molar-refractivity contribution >= 4 is 30.2 Å². The normalized spacial score (nSPS) is 25.1. The Morgan fingerprint density at radius 1 is 1.13 bits per heavy atom. The van der Waals surface area contributed by atoms with E-state index in [0.29, 0.717) is 18.4 Å². The van der Waals surface area contributed by atoms with Gasteiger partial charge in [-0.25, -0.2) is 9.67 Å². The van der Waals surface area contributed by atoms with Gasteiger partial charge in [-0.15, -0.1) is 17.5 Å². The molecule has 2 aliphatic rings. The van der Waals surface area contributed by atoms with E-state index in [0.717, 1.165) is 31.2 Å². The summed E-state index contributed by atoms with van der Waals surface area (Å²) in [7, 11) is 0. The average Bonchev–Trinajstić information content (AvgIpc) is 3.13. The predicted molar refractivity (Wildman–Crippen MR) is 116 cm³/mol. The van der Waals surface area contributed by atoms with Crippen LogP contribution in [-0.2, 0) is 22.7 Å². The molecule has 9 heteroatoms. The Bertz CT molecular complexity index is 844. The lowest BCUT2D eigenvalue weighted by molar-refractivity contribution is -0.123. The quantitative estimate of drug-likeness (QED) is 0.646. The van der Waals surface area contributed by atoms with Crippen LogP contribution in [0.5, 0.6) is 0 Å². The summed E-state index contributed by atoms with van der Waals surface area (Å²) in [5.74, 6) is 0.886. The first kappa shape index (κ1) is 22.2. The van der Waals surface area contributed by atoms with Crippen molar-refractivity contribution in [1.29, 1.82) is 0 Å². The van der Waals surface area contributed by atoms with Crippen LogP contribution in [0, 0.1) is 17.8 Å². The molecule has 2 bridgehead atoms. The van der Waals surface area contributed by atoms with Crippen molar-refractivity contribution in [3.63, 3.8) is 0 Å². The number of nitrogens with two attached hydrogens (primary N) is 1. The molecule has 0 radical (unpaired) electrons. The van der Waals surface area contributed by atoms with E-state index in [1.807, 2.05) is 30.3 Å². The third-order valence-corrected chi connectivity index (χ3v) is 6.19. The average molecular weight is 433 g/mol. The molecular weight excluding hydrogens is 404 g/mol. The Balaban J connectivity index is 0.00000256. The molecule has 8 nitrogen and oxygen atoms in total. The van der Waals surface area contributed by atoms with Gasteiger partial charge in [0.2, 0.25) is 17.8 Å². The fraction of sp³-hybridized carbons (Fsp3) is 0.524. The Hall–Kier alpha value is -2.45. The molecule has 2 fully saturated rings. The maximum atomic E-state index is 12.7. The summed E-state index contributed by atoms with van der Waals surface area (Å²) in [4.78, 5) is 28.9. The van der Waals surface area contributed by atoms with Crippen molar-refractivity contribution in [3.05, 3.63) is 42.2 Å². The van der Waals surface area contributed by atoms with Crippen molar-refractivity contribution in [2.45, 2.75) is 51.2 Å². The molecule has 4 rings (SSSR count). The highest BCUT2D eigenvalue weighted by molar-refractivity contribution is 5.91. The van der Waals surface area contributed by atoms with Gasteiger partial charge in [-0.05, 0) is 43.1 Å². The second-order valence-corrected chi connectivity index (χ2v) is 8.21. The fourth-order valence-electron chi connectivity index (χ4n) is 4.64. The third-order valence-electron chi connectivity index (χ3n) is 6.19. The maximum Gasteiger partial charge on any atom is 0.248 e. The first-order valence-electron chi connectivity index (χ1n) is 10.3. The highest BCUT2D eigenvalue weighted by Crippen LogP contribution is 2.42. The first-order chi connectivity index (χ1) is 14.1. The number of halogens is 1. The smallest absolute Gasteiger partial charge is 0.248 e. The molecule has 1 aromatic carbocycles. The van der Waals surface area contributed by atoms with Crippen LogP contribution >= 0.6 is 12.4 Å². The monoisotopic (exact) mass is 432 g/mol. The third kappa shape index (κ3) is 5.37. The number of carbonyl (C=O) groups excluding carboxylic acids is 2. The van der Waals surface area contributed by atoms with Gasteiger partial charge in [0.05, 0.1) is 0 Å². The number of hydrogen-bond acceptors (Lipinski definition) is 5. The Morgan fingerprint density at radius 2 is 1.83 bits per heavy atom. The highest BCUT2D eigenvalue weighted by Gasteiger charge is 2.40. The molecule has 30 heavy (non-hydrogen) atoms. The molecule has 0 saturated heterocycles. The lowest BCUT2D eigenvalue weighted by Crippen LogP contribution is -2.48. The zero-order chi connectivity index (χ0) is 20.2. The minimum atomic E-state index is -0.161. The second kappa shape index (κ2) is 10.0. The van der Waals surface area contributed by atoms with Gasteiger partial charge in [0.1, 0.15) is 12.9 Å². The number of benzene rings is 1. The first-order valence-corrected chi connectivity index (χ1v) is 10.3. The molecule has 1 aromatic heterocycles. The van der Waals surface area contributed by atoms with Crippen LogP contribution in [0.1, 0.15) is 37.7 Å². The summed E-state index contributed by atoms with van der Waals surface area (Å²) >= 11 is 0. The van der Waals surface area contributed by atoms with Gasteiger partial charge in [-0.3, -0.25) is 14.9 Å². The number of nitrogens with zero attached hydrogens (tertiary/aromatic N) is 3. The number of hydrogen-bond donors (Lipinski definition) is 3. The zero-order valence-corrected chi connectivity index (χ0v) is 17.7. The number of aromatic nitrogens is 3. The highest BCUT2D eigenvalue weighted by atomic mass is 35.5. The van der Waals surface area contributed by atoms with Gasteiger partial charge in [-0.1, -0.05) is 36.8 Å². The van der Waals surface area contributed by atoms with E-state index in [4.69, 9.17) is 5.73 Å². The van der Waals surface area contributed by atoms with Crippen LogP contribution in [0.4, 0.5) is 5.95 Å². The summed E-state index contributed by atoms with van der Waals surface area (Å²) in [6.45, 7) is 0.516. The largest absolute Gasteiger partial charge is 0.350 e. The number of rotatable bonds is 6. The molecule has 4 N–H and O–H groups in total. The molecule has 0 aliphatic heterocycles. The predicted octanol–water partition coefficient (Wildman–Crippen LogP) is 2.11. The van der Waals surface area contributed by atoms with E-state index in [-0.39, 0.29) is 48.7 Å². The second-order valence-electron chi connectivity index (χ2n) is 8.21. The number of carbonyl (C=O) groups is 2. The van der Waals surface area contributed by atoms with Crippen LogP contribution in [0.2, 0.25) is 0 Å². The van der Waals surface area contributed by atoms with Crippen LogP contribution in [0.25, 0.3) is 0 Å². The summed E-state index contributed by atoms with van der Waals surface area (Å²) in [6, 6.07) is 9.94. The lowest BCUT2D eigenvalue weighted by atomic mass is 9.65. The summed E-state index contributed by atoms with van der Waals surface area (Å²) < 4.78 is 1.43. The summed E-state index contributed by atoms with van der Waals surface area (Å²) in [5, 5.41) is 9.88. The van der Waals surface area contributed by atoms with E-state index in [2.05, 4.69) is 20.7 Å². The molecule has 2 amide bonds. The topological polar surface area (TPSA) is 115 Å². The number of anilines is 1. The van der Waals surface area contributed by atoms with Crippen molar-refractivity contribution < 1.29 is 9.59 Å². The SMILES string of the molecule is Cl.NC1C2CCCC1CC(C(=O)Nc1ncn(CC(=O)NCc3ccccc3)n1)C2. The standard InChI is InChI=1S/C21H28N6O2.ClH/c22-19-15-7-4-8-16(19)10-17(9-15)20(29)25-21-24-13-27(26-21)12-18(28)23-11-14-5-2-1-3-6-14;/h1-3,5-6,13,15-17,19H,4,7-12,22H2,(H,23,28)(H,25,26,29);1H. The zero-order valence-electron chi connectivity index (χ0n) is 16.9. The molecule has 2 saturated carbocycles. The van der Waals surface area contributed by atoms with Gasteiger partial charge in [0.25, 0.3) is 0 Å². The number of nitrogens with one attached hydrogen (secondary N) is 2. The summed E-state index contributed by atoms with van der Waals surface area (Å²) in [6.07, 6.45) is 6.59. The van der Waals surface area contributed by atoms with Crippen LogP contribution < -0.4 is 16.4 Å².